The van der Waals surface area contributed by atoms with E-state index in [4.69, 9.17) is 9.47 Å². The fraction of sp³-hybridized carbons (Fsp3) is 0.440. The van der Waals surface area contributed by atoms with Crippen LogP contribution in [0.3, 0.4) is 0 Å². The molecule has 0 saturated heterocycles. The lowest BCUT2D eigenvalue weighted by Crippen LogP contribution is -2.48. The van der Waals surface area contributed by atoms with E-state index < -0.39 is 16.7 Å². The summed E-state index contributed by atoms with van der Waals surface area (Å²) in [4.78, 5) is 14.4. The van der Waals surface area contributed by atoms with Gasteiger partial charge in [-0.2, -0.15) is 0 Å². The van der Waals surface area contributed by atoms with E-state index in [1.807, 2.05) is 61.5 Å². The number of carbonyl (C=O) groups is 1. The molecular weight excluding hydrogens is 410 g/mol. The van der Waals surface area contributed by atoms with Gasteiger partial charge in [0.05, 0.1) is 7.11 Å². The Morgan fingerprint density at radius 2 is 1.87 bits per heavy atom. The van der Waals surface area contributed by atoms with Crippen LogP contribution in [0, 0.1) is 5.41 Å². The highest BCUT2D eigenvalue weighted by Gasteiger charge is 2.39. The summed E-state index contributed by atoms with van der Waals surface area (Å²) in [6, 6.07) is 17.2. The normalized spacial score (nSPS) is 13.8. The van der Waals surface area contributed by atoms with Crippen molar-refractivity contribution in [1.82, 2.24) is 4.31 Å². The number of hydrogen-bond donors (Lipinski definition) is 1. The van der Waals surface area contributed by atoms with E-state index in [1.165, 1.54) is 0 Å². The van der Waals surface area contributed by atoms with Gasteiger partial charge in [0.1, 0.15) is 18.4 Å². The minimum atomic E-state index is -0.478. The molecule has 0 spiro atoms. The number of aliphatic hydroxyl groups is 1. The molecule has 0 heterocycles. The molecule has 0 aliphatic heterocycles. The summed E-state index contributed by atoms with van der Waals surface area (Å²) in [7, 11) is 1.17. The zero-order chi connectivity index (χ0) is 22.9. The second-order valence-corrected chi connectivity index (χ2v) is 10.3. The molecule has 0 fully saturated rings. The van der Waals surface area contributed by atoms with Crippen molar-refractivity contribution in [2.24, 2.45) is 5.41 Å². The molecule has 0 aliphatic rings. The molecule has 170 valence electrons. The van der Waals surface area contributed by atoms with E-state index in [1.54, 1.807) is 7.11 Å². The van der Waals surface area contributed by atoms with Gasteiger partial charge in [-0.15, -0.1) is 0 Å². The summed E-state index contributed by atoms with van der Waals surface area (Å²) >= 11 is 0. The Bertz CT molecular complexity index is 861. The monoisotopic (exact) mass is 445 g/mol. The number of methoxy groups -OCH3 is 1. The fourth-order valence-corrected chi connectivity index (χ4v) is 5.64. The van der Waals surface area contributed by atoms with Gasteiger partial charge in [0, 0.05) is 18.0 Å². The van der Waals surface area contributed by atoms with Crippen molar-refractivity contribution in [3.05, 3.63) is 60.2 Å². The van der Waals surface area contributed by atoms with Gasteiger partial charge >= 0.3 is 5.97 Å². The molecule has 0 radical (unpaired) electrons. The summed E-state index contributed by atoms with van der Waals surface area (Å²) in [6.07, 6.45) is 0.569. The van der Waals surface area contributed by atoms with Gasteiger partial charge in [-0.05, 0) is 47.9 Å². The van der Waals surface area contributed by atoms with E-state index in [9.17, 15) is 9.90 Å². The first-order chi connectivity index (χ1) is 14.8. The maximum absolute atomic E-state index is 13.4. The van der Waals surface area contributed by atoms with E-state index in [0.29, 0.717) is 13.0 Å². The van der Waals surface area contributed by atoms with Gasteiger partial charge in [-0.3, -0.25) is 4.79 Å². The molecule has 0 amide bonds. The van der Waals surface area contributed by atoms with Crippen LogP contribution in [0.4, 0.5) is 0 Å². The maximum atomic E-state index is 13.4. The third-order valence-electron chi connectivity index (χ3n) is 4.85. The number of benzene rings is 2. The van der Waals surface area contributed by atoms with Crippen molar-refractivity contribution in [1.29, 1.82) is 0 Å². The molecule has 31 heavy (non-hydrogen) atoms. The molecule has 5 nitrogen and oxygen atoms in total. The molecule has 6 heteroatoms. The molecule has 1 N–H and O–H groups in total. The third-order valence-corrected chi connectivity index (χ3v) is 6.93. The highest BCUT2D eigenvalue weighted by atomic mass is 32.2. The standard InChI is InChI=1S/C25H35NO4S/c1-6-31(22-15-10-14-21(18-22)29-5)26(16-11-17-27)23(25(2,3)4)24(28)30-19-20-12-8-7-9-13-20/h6-10,12-15,18,23,27H,11,16-17,19H2,1-5H3/t23-,31?/m0/s1. The second-order valence-electron chi connectivity index (χ2n) is 8.31. The van der Waals surface area contributed by atoms with Crippen LogP contribution in [0.2, 0.25) is 0 Å². The van der Waals surface area contributed by atoms with Crippen LogP contribution >= 0.6 is 10.7 Å². The van der Waals surface area contributed by atoms with E-state index in [2.05, 4.69) is 30.4 Å². The van der Waals surface area contributed by atoms with Gasteiger partial charge in [0.25, 0.3) is 0 Å². The van der Waals surface area contributed by atoms with E-state index in [-0.39, 0.29) is 24.6 Å². The Hall–Kier alpha value is -2.15. The second kappa shape index (κ2) is 12.0. The lowest BCUT2D eigenvalue weighted by atomic mass is 9.86. The predicted molar refractivity (Wildman–Crippen MR) is 128 cm³/mol. The zero-order valence-electron chi connectivity index (χ0n) is 19.2. The Kier molecular flexibility index (Phi) is 9.75. The van der Waals surface area contributed by atoms with Gasteiger partial charge in [0.15, 0.2) is 0 Å². The van der Waals surface area contributed by atoms with Crippen LogP contribution < -0.4 is 4.74 Å². The van der Waals surface area contributed by atoms with Crippen molar-refractivity contribution < 1.29 is 19.4 Å². The Labute approximate surface area is 189 Å². The van der Waals surface area contributed by atoms with Crippen LogP contribution in [0.25, 0.3) is 0 Å². The molecule has 0 bridgehead atoms. The number of nitrogens with zero attached hydrogens (tertiary/aromatic N) is 1. The number of ether oxygens (including phenoxy) is 2. The Morgan fingerprint density at radius 3 is 2.45 bits per heavy atom. The molecular formula is C25H35NO4S. The molecule has 1 unspecified atom stereocenters. The minimum Gasteiger partial charge on any atom is -0.497 e. The Morgan fingerprint density at radius 1 is 1.16 bits per heavy atom. The maximum Gasteiger partial charge on any atom is 0.325 e. The first-order valence-corrected chi connectivity index (χ1v) is 11.8. The van der Waals surface area contributed by atoms with Crippen LogP contribution in [0.5, 0.6) is 5.75 Å². The molecule has 2 rings (SSSR count). The first-order valence-electron chi connectivity index (χ1n) is 10.6. The van der Waals surface area contributed by atoms with Crippen LogP contribution in [0.1, 0.15) is 39.7 Å². The number of hydrogen-bond acceptors (Lipinski definition) is 5. The quantitative estimate of drug-likeness (QED) is 0.416. The SMILES string of the molecule is C/C=S(/c1cccc(OC)c1)N(CCCO)[C@@H](C(=O)OCc1ccccc1)C(C)(C)C. The lowest BCUT2D eigenvalue weighted by Gasteiger charge is -2.40. The fourth-order valence-electron chi connectivity index (χ4n) is 3.42. The average Bonchev–Trinajstić information content (AvgIpc) is 2.76. The Balaban J connectivity index is 2.39. The number of rotatable bonds is 10. The summed E-state index contributed by atoms with van der Waals surface area (Å²) in [5.74, 6) is 0.523. The van der Waals surface area contributed by atoms with Crippen molar-refractivity contribution in [3.8, 4) is 5.75 Å². The molecule has 2 atom stereocenters. The van der Waals surface area contributed by atoms with Crippen LogP contribution in [-0.2, 0) is 16.1 Å². The number of carbonyl (C=O) groups excluding carboxylic acids is 1. The largest absolute Gasteiger partial charge is 0.497 e. The van der Waals surface area contributed by atoms with E-state index in [0.717, 1.165) is 16.2 Å². The predicted octanol–water partition coefficient (Wildman–Crippen LogP) is 4.90. The van der Waals surface area contributed by atoms with Crippen molar-refractivity contribution in [2.45, 2.75) is 51.7 Å². The smallest absolute Gasteiger partial charge is 0.325 e. The summed E-state index contributed by atoms with van der Waals surface area (Å²) in [5, 5.41) is 11.6. The van der Waals surface area contributed by atoms with Crippen LogP contribution in [-0.4, -0.2) is 47.1 Å². The highest BCUT2D eigenvalue weighted by Crippen LogP contribution is 2.39. The average molecular weight is 446 g/mol. The van der Waals surface area contributed by atoms with Crippen LogP contribution in [0.15, 0.2) is 59.5 Å². The molecule has 2 aromatic carbocycles. The van der Waals surface area contributed by atoms with Crippen molar-refractivity contribution in [3.63, 3.8) is 0 Å². The number of esters is 1. The summed E-state index contributed by atoms with van der Waals surface area (Å²) in [5.41, 5.74) is 0.593. The topological polar surface area (TPSA) is 59.0 Å². The highest BCUT2D eigenvalue weighted by molar-refractivity contribution is 8.13. The van der Waals surface area contributed by atoms with Gasteiger partial charge in [0.2, 0.25) is 0 Å². The van der Waals surface area contributed by atoms with Crippen molar-refractivity contribution >= 4 is 22.0 Å². The van der Waals surface area contributed by atoms with Gasteiger partial charge < -0.3 is 14.6 Å². The minimum absolute atomic E-state index is 0.0610. The lowest BCUT2D eigenvalue weighted by molar-refractivity contribution is -0.153. The zero-order valence-corrected chi connectivity index (χ0v) is 20.0. The molecule has 0 aromatic heterocycles. The third kappa shape index (κ3) is 7.20. The summed E-state index contributed by atoms with van der Waals surface area (Å²) < 4.78 is 13.4. The molecule has 2 aromatic rings. The number of aliphatic hydroxyl groups excluding tert-OH is 1. The van der Waals surface area contributed by atoms with Crippen molar-refractivity contribution in [2.75, 3.05) is 20.3 Å². The summed E-state index contributed by atoms with van der Waals surface area (Å²) in [6.45, 7) is 9.03. The van der Waals surface area contributed by atoms with Gasteiger partial charge in [-0.1, -0.05) is 67.8 Å². The van der Waals surface area contributed by atoms with E-state index >= 15 is 0 Å². The molecule has 0 saturated carbocycles. The first kappa shape index (κ1) is 25.1. The molecule has 0 aliphatic carbocycles. The van der Waals surface area contributed by atoms with Gasteiger partial charge in [-0.25, -0.2) is 4.31 Å².